The van der Waals surface area contributed by atoms with Gasteiger partial charge in [0.25, 0.3) is 0 Å². The van der Waals surface area contributed by atoms with Gasteiger partial charge >= 0.3 is 0 Å². The fraction of sp³-hybridized carbons (Fsp3) is 0.529. The smallest absolute Gasteiger partial charge is 0.224 e. The van der Waals surface area contributed by atoms with Crippen LogP contribution in [0.3, 0.4) is 0 Å². The van der Waals surface area contributed by atoms with Crippen LogP contribution in [-0.2, 0) is 11.2 Å². The normalized spacial score (nSPS) is 29.3. The molecular weight excluding hydrogens is 330 g/mol. The van der Waals surface area contributed by atoms with Crippen molar-refractivity contribution in [2.75, 3.05) is 6.54 Å². The predicted molar refractivity (Wildman–Crippen MR) is 93.6 cm³/mol. The van der Waals surface area contributed by atoms with Gasteiger partial charge in [-0.2, -0.15) is 0 Å². The molecule has 3 N–H and O–H groups in total. The number of thiazole rings is 1. The summed E-state index contributed by atoms with van der Waals surface area (Å²) in [6.45, 7) is 0.618. The van der Waals surface area contributed by atoms with Gasteiger partial charge in [0.15, 0.2) is 0 Å². The van der Waals surface area contributed by atoms with Crippen LogP contribution in [0.25, 0.3) is 10.2 Å². The number of nitrogens with two attached hydrogens (primary N) is 1. The number of nitrogens with one attached hydrogen (secondary N) is 1. The average Bonchev–Trinajstić information content (AvgIpc) is 3.20. The van der Waals surface area contributed by atoms with E-state index < -0.39 is 0 Å². The highest BCUT2D eigenvalue weighted by molar-refractivity contribution is 7.18. The molecule has 2 aromatic rings. The van der Waals surface area contributed by atoms with Gasteiger partial charge in [-0.25, -0.2) is 4.98 Å². The van der Waals surface area contributed by atoms with E-state index in [2.05, 4.69) is 10.3 Å². The highest BCUT2D eigenvalue weighted by atomic mass is 35.5. The maximum atomic E-state index is 12.4. The number of fused-ring (bicyclic) bond motifs is 3. The van der Waals surface area contributed by atoms with Crippen LogP contribution in [-0.4, -0.2) is 23.5 Å². The molecule has 6 heteroatoms. The lowest BCUT2D eigenvalue weighted by Crippen LogP contribution is -2.45. The number of rotatable bonds is 4. The summed E-state index contributed by atoms with van der Waals surface area (Å²) in [6, 6.07) is 5.80. The summed E-state index contributed by atoms with van der Waals surface area (Å²) in [5.41, 5.74) is 7.16. The van der Waals surface area contributed by atoms with Gasteiger partial charge in [0.2, 0.25) is 5.91 Å². The first-order valence-electron chi connectivity index (χ1n) is 8.20. The van der Waals surface area contributed by atoms with Crippen molar-refractivity contribution in [3.8, 4) is 0 Å². The molecule has 122 valence electrons. The maximum Gasteiger partial charge on any atom is 0.224 e. The summed E-state index contributed by atoms with van der Waals surface area (Å²) in [5.74, 6) is 1.21. The van der Waals surface area contributed by atoms with Crippen LogP contribution < -0.4 is 11.1 Å². The van der Waals surface area contributed by atoms with Gasteiger partial charge in [0.05, 0.1) is 21.1 Å². The third kappa shape index (κ3) is 2.86. The molecule has 2 saturated carbocycles. The lowest BCUT2D eigenvalue weighted by molar-refractivity contribution is -0.127. The Morgan fingerprint density at radius 3 is 3.00 bits per heavy atom. The molecule has 4 nitrogen and oxygen atoms in total. The zero-order valence-corrected chi connectivity index (χ0v) is 14.4. The van der Waals surface area contributed by atoms with Gasteiger partial charge in [0, 0.05) is 24.0 Å². The van der Waals surface area contributed by atoms with E-state index >= 15 is 0 Å². The second kappa shape index (κ2) is 6.04. The quantitative estimate of drug-likeness (QED) is 0.891. The largest absolute Gasteiger partial charge is 0.355 e. The molecule has 0 saturated heterocycles. The molecular formula is C17H20ClN3OS. The van der Waals surface area contributed by atoms with Crippen LogP contribution in [0.5, 0.6) is 0 Å². The lowest BCUT2D eigenvalue weighted by Gasteiger charge is -2.26. The van der Waals surface area contributed by atoms with E-state index in [0.29, 0.717) is 23.4 Å². The first-order valence-corrected chi connectivity index (χ1v) is 9.39. The summed E-state index contributed by atoms with van der Waals surface area (Å²) in [5, 5.41) is 4.80. The Morgan fingerprint density at radius 1 is 1.39 bits per heavy atom. The Labute approximate surface area is 144 Å². The molecule has 2 aliphatic rings. The van der Waals surface area contributed by atoms with Crippen molar-refractivity contribution in [1.82, 2.24) is 10.3 Å². The maximum absolute atomic E-state index is 12.4. The summed E-state index contributed by atoms with van der Waals surface area (Å²) >= 11 is 7.64. The molecule has 1 aromatic carbocycles. The number of carbonyl (C=O) groups is 1. The Balaban J connectivity index is 1.35. The van der Waals surface area contributed by atoms with E-state index in [1.54, 1.807) is 11.3 Å². The molecule has 2 fully saturated rings. The first kappa shape index (κ1) is 15.4. The molecule has 2 bridgehead atoms. The highest BCUT2D eigenvalue weighted by Crippen LogP contribution is 2.47. The first-order chi connectivity index (χ1) is 11.1. The molecule has 0 spiro atoms. The van der Waals surface area contributed by atoms with Gasteiger partial charge in [-0.05, 0) is 49.3 Å². The number of aromatic nitrogens is 1. The van der Waals surface area contributed by atoms with Crippen molar-refractivity contribution in [3.05, 3.63) is 28.2 Å². The number of hydrogen-bond donors (Lipinski definition) is 2. The molecule has 1 aromatic heterocycles. The van der Waals surface area contributed by atoms with E-state index in [9.17, 15) is 4.79 Å². The minimum absolute atomic E-state index is 0.0166. The third-order valence-electron chi connectivity index (χ3n) is 5.32. The summed E-state index contributed by atoms with van der Waals surface area (Å²) in [4.78, 5) is 17.0. The van der Waals surface area contributed by atoms with Crippen molar-refractivity contribution in [1.29, 1.82) is 0 Å². The van der Waals surface area contributed by atoms with E-state index in [4.69, 9.17) is 17.3 Å². The van der Waals surface area contributed by atoms with Gasteiger partial charge < -0.3 is 11.1 Å². The van der Waals surface area contributed by atoms with Crippen molar-refractivity contribution in [2.45, 2.75) is 31.7 Å². The number of halogens is 1. The van der Waals surface area contributed by atoms with Crippen LogP contribution in [0.15, 0.2) is 18.2 Å². The van der Waals surface area contributed by atoms with E-state index in [0.717, 1.165) is 34.5 Å². The summed E-state index contributed by atoms with van der Waals surface area (Å²) < 4.78 is 1.13. The summed E-state index contributed by atoms with van der Waals surface area (Å²) in [6.07, 6.45) is 4.25. The molecule has 4 atom stereocenters. The number of benzene rings is 1. The van der Waals surface area contributed by atoms with Gasteiger partial charge in [-0.3, -0.25) is 4.79 Å². The SMILES string of the molecule is NC1C2CCC(C2)C1C(=O)NCCc1nc2cc(Cl)ccc2s1. The summed E-state index contributed by atoms with van der Waals surface area (Å²) in [7, 11) is 0. The van der Waals surface area contributed by atoms with Crippen LogP contribution in [0.4, 0.5) is 0 Å². The van der Waals surface area contributed by atoms with Crippen LogP contribution in [0.1, 0.15) is 24.3 Å². The zero-order chi connectivity index (χ0) is 16.0. The fourth-order valence-electron chi connectivity index (χ4n) is 4.19. The van der Waals surface area contributed by atoms with Crippen LogP contribution in [0.2, 0.25) is 5.02 Å². The molecule has 0 aliphatic heterocycles. The zero-order valence-electron chi connectivity index (χ0n) is 12.8. The molecule has 2 aliphatic carbocycles. The molecule has 23 heavy (non-hydrogen) atoms. The topological polar surface area (TPSA) is 68.0 Å². The standard InChI is InChI=1S/C17H20ClN3OS/c18-11-3-4-13-12(8-11)21-14(23-13)5-6-20-17(22)15-9-1-2-10(7-9)16(15)19/h3-4,8-10,15-16H,1-2,5-7,19H2,(H,20,22). The number of hydrogen-bond acceptors (Lipinski definition) is 4. The Bertz CT molecular complexity index is 745. The van der Waals surface area contributed by atoms with Crippen molar-refractivity contribution < 1.29 is 4.79 Å². The van der Waals surface area contributed by atoms with Crippen molar-refractivity contribution >= 4 is 39.1 Å². The number of nitrogens with zero attached hydrogens (tertiary/aromatic N) is 1. The second-order valence-corrected chi connectivity index (χ2v) is 8.25. The molecule has 1 amide bonds. The average molecular weight is 350 g/mol. The minimum atomic E-state index is 0.0166. The minimum Gasteiger partial charge on any atom is -0.355 e. The Hall–Kier alpha value is -1.17. The van der Waals surface area contributed by atoms with Gasteiger partial charge in [0.1, 0.15) is 0 Å². The second-order valence-electron chi connectivity index (χ2n) is 6.70. The van der Waals surface area contributed by atoms with Crippen LogP contribution >= 0.6 is 22.9 Å². The molecule has 4 rings (SSSR count). The fourth-order valence-corrected chi connectivity index (χ4v) is 5.30. The van der Waals surface area contributed by atoms with Crippen molar-refractivity contribution in [3.63, 3.8) is 0 Å². The number of carbonyl (C=O) groups excluding carboxylic acids is 1. The Morgan fingerprint density at radius 2 is 2.22 bits per heavy atom. The highest BCUT2D eigenvalue weighted by Gasteiger charge is 2.48. The van der Waals surface area contributed by atoms with E-state index in [-0.39, 0.29) is 17.9 Å². The van der Waals surface area contributed by atoms with Gasteiger partial charge in [-0.1, -0.05) is 11.6 Å². The van der Waals surface area contributed by atoms with E-state index in [1.165, 1.54) is 6.42 Å². The molecule has 1 heterocycles. The molecule has 4 unspecified atom stereocenters. The van der Waals surface area contributed by atoms with Crippen LogP contribution in [0, 0.1) is 17.8 Å². The monoisotopic (exact) mass is 349 g/mol. The number of amides is 1. The van der Waals surface area contributed by atoms with E-state index in [1.807, 2.05) is 18.2 Å². The Kier molecular flexibility index (Phi) is 4.03. The molecule has 0 radical (unpaired) electrons. The lowest BCUT2D eigenvalue weighted by atomic mass is 9.84. The third-order valence-corrected chi connectivity index (χ3v) is 6.65. The predicted octanol–water partition coefficient (Wildman–Crippen LogP) is 2.98. The van der Waals surface area contributed by atoms with Gasteiger partial charge in [-0.15, -0.1) is 11.3 Å². The van der Waals surface area contributed by atoms with Crippen molar-refractivity contribution in [2.24, 2.45) is 23.5 Å².